The SMILES string of the molecule is COC(=O)[C@@H](C)Cc1ccc(NC(=O)Nc2ccc(O)cc2C)cc1. The Labute approximate surface area is 146 Å². The molecule has 0 radical (unpaired) electrons. The zero-order valence-corrected chi connectivity index (χ0v) is 14.5. The van der Waals surface area contributed by atoms with Crippen LogP contribution in [-0.4, -0.2) is 24.2 Å². The summed E-state index contributed by atoms with van der Waals surface area (Å²) in [4.78, 5) is 23.5. The van der Waals surface area contributed by atoms with Crippen molar-refractivity contribution in [3.8, 4) is 5.75 Å². The second-order valence-electron chi connectivity index (χ2n) is 5.90. The van der Waals surface area contributed by atoms with E-state index in [-0.39, 0.29) is 23.7 Å². The fourth-order valence-corrected chi connectivity index (χ4v) is 2.43. The molecule has 3 N–H and O–H groups in total. The van der Waals surface area contributed by atoms with Gasteiger partial charge in [-0.3, -0.25) is 4.79 Å². The largest absolute Gasteiger partial charge is 0.508 e. The van der Waals surface area contributed by atoms with E-state index in [2.05, 4.69) is 10.6 Å². The van der Waals surface area contributed by atoms with Crippen LogP contribution >= 0.6 is 0 Å². The minimum atomic E-state index is -0.371. The van der Waals surface area contributed by atoms with Crippen LogP contribution < -0.4 is 10.6 Å². The predicted molar refractivity (Wildman–Crippen MR) is 96.8 cm³/mol. The maximum atomic E-state index is 12.1. The molecule has 0 aliphatic rings. The van der Waals surface area contributed by atoms with Crippen LogP contribution in [0.3, 0.4) is 0 Å². The van der Waals surface area contributed by atoms with Gasteiger partial charge >= 0.3 is 12.0 Å². The van der Waals surface area contributed by atoms with Crippen LogP contribution in [-0.2, 0) is 16.0 Å². The average Bonchev–Trinajstić information content (AvgIpc) is 2.58. The van der Waals surface area contributed by atoms with Gasteiger partial charge in [-0.1, -0.05) is 19.1 Å². The fourth-order valence-electron chi connectivity index (χ4n) is 2.43. The van der Waals surface area contributed by atoms with Crippen molar-refractivity contribution in [1.82, 2.24) is 0 Å². The van der Waals surface area contributed by atoms with Crippen LogP contribution in [0.4, 0.5) is 16.2 Å². The van der Waals surface area contributed by atoms with Crippen LogP contribution in [0.15, 0.2) is 42.5 Å². The van der Waals surface area contributed by atoms with Crippen molar-refractivity contribution >= 4 is 23.4 Å². The zero-order valence-electron chi connectivity index (χ0n) is 14.5. The standard InChI is InChI=1S/C19H22N2O4/c1-12-11-16(22)8-9-17(12)21-19(24)20-15-6-4-14(5-7-15)10-13(2)18(23)25-3/h4-9,11,13,22H,10H2,1-3H3,(H2,20,21,24)/t13-/m0/s1. The lowest BCUT2D eigenvalue weighted by molar-refractivity contribution is -0.144. The van der Waals surface area contributed by atoms with Crippen molar-refractivity contribution in [3.63, 3.8) is 0 Å². The molecule has 0 unspecified atom stereocenters. The van der Waals surface area contributed by atoms with Gasteiger partial charge in [0.15, 0.2) is 0 Å². The summed E-state index contributed by atoms with van der Waals surface area (Å²) in [6, 6.07) is 11.6. The number of urea groups is 1. The van der Waals surface area contributed by atoms with Crippen LogP contribution in [0.2, 0.25) is 0 Å². The monoisotopic (exact) mass is 342 g/mol. The molecule has 0 heterocycles. The summed E-state index contributed by atoms with van der Waals surface area (Å²) < 4.78 is 4.71. The lowest BCUT2D eigenvalue weighted by Crippen LogP contribution is -2.20. The Kier molecular flexibility index (Phi) is 6.00. The first-order chi connectivity index (χ1) is 11.9. The lowest BCUT2D eigenvalue weighted by atomic mass is 10.0. The topological polar surface area (TPSA) is 87.7 Å². The Hall–Kier alpha value is -3.02. The van der Waals surface area contributed by atoms with Crippen molar-refractivity contribution < 1.29 is 19.4 Å². The number of methoxy groups -OCH3 is 1. The van der Waals surface area contributed by atoms with Gasteiger partial charge in [0.05, 0.1) is 13.0 Å². The van der Waals surface area contributed by atoms with Crippen LogP contribution in [0.1, 0.15) is 18.1 Å². The molecule has 6 nitrogen and oxygen atoms in total. The highest BCUT2D eigenvalue weighted by atomic mass is 16.5. The Balaban J connectivity index is 1.94. The summed E-state index contributed by atoms with van der Waals surface area (Å²) in [5.41, 5.74) is 3.02. The van der Waals surface area contributed by atoms with Crippen molar-refractivity contribution in [2.45, 2.75) is 20.3 Å². The number of aryl methyl sites for hydroxylation is 1. The van der Waals surface area contributed by atoms with Gasteiger partial charge in [-0.15, -0.1) is 0 Å². The first kappa shape index (κ1) is 18.3. The van der Waals surface area contributed by atoms with Crippen LogP contribution in [0, 0.1) is 12.8 Å². The molecule has 2 rings (SSSR count). The van der Waals surface area contributed by atoms with Crippen LogP contribution in [0.25, 0.3) is 0 Å². The number of phenols is 1. The molecule has 0 aromatic heterocycles. The number of amides is 2. The Morgan fingerprint density at radius 1 is 1.12 bits per heavy atom. The number of nitrogens with one attached hydrogen (secondary N) is 2. The highest BCUT2D eigenvalue weighted by Gasteiger charge is 2.13. The van der Waals surface area contributed by atoms with Gasteiger partial charge in [-0.05, 0) is 54.8 Å². The third-order valence-electron chi connectivity index (χ3n) is 3.82. The van der Waals surface area contributed by atoms with Crippen molar-refractivity contribution in [1.29, 1.82) is 0 Å². The first-order valence-electron chi connectivity index (χ1n) is 7.93. The number of esters is 1. The normalized spacial score (nSPS) is 11.5. The summed E-state index contributed by atoms with van der Waals surface area (Å²) in [6.07, 6.45) is 0.575. The maximum absolute atomic E-state index is 12.1. The van der Waals surface area contributed by atoms with E-state index < -0.39 is 0 Å². The molecule has 132 valence electrons. The third kappa shape index (κ3) is 5.24. The van der Waals surface area contributed by atoms with E-state index in [1.54, 1.807) is 31.2 Å². The molecule has 0 saturated heterocycles. The van der Waals surface area contributed by atoms with E-state index >= 15 is 0 Å². The molecule has 0 saturated carbocycles. The van der Waals surface area contributed by atoms with Crippen molar-refractivity contribution in [2.24, 2.45) is 5.92 Å². The van der Waals surface area contributed by atoms with Crippen molar-refractivity contribution in [3.05, 3.63) is 53.6 Å². The smallest absolute Gasteiger partial charge is 0.323 e. The van der Waals surface area contributed by atoms with E-state index in [9.17, 15) is 14.7 Å². The maximum Gasteiger partial charge on any atom is 0.323 e. The highest BCUT2D eigenvalue weighted by Crippen LogP contribution is 2.20. The second kappa shape index (κ2) is 8.19. The number of carbonyl (C=O) groups excluding carboxylic acids is 2. The summed E-state index contributed by atoms with van der Waals surface area (Å²) in [5, 5.41) is 14.9. The Morgan fingerprint density at radius 2 is 1.80 bits per heavy atom. The molecule has 0 aliphatic carbocycles. The molecular formula is C19H22N2O4. The molecule has 2 amide bonds. The zero-order chi connectivity index (χ0) is 18.4. The van der Waals surface area contributed by atoms with E-state index in [0.717, 1.165) is 11.1 Å². The number of benzene rings is 2. The molecule has 6 heteroatoms. The third-order valence-corrected chi connectivity index (χ3v) is 3.82. The summed E-state index contributed by atoms with van der Waals surface area (Å²) in [7, 11) is 1.38. The fraction of sp³-hybridized carbons (Fsp3) is 0.263. The Bertz CT molecular complexity index is 757. The second-order valence-corrected chi connectivity index (χ2v) is 5.90. The highest BCUT2D eigenvalue weighted by molar-refractivity contribution is 6.00. The molecule has 2 aromatic carbocycles. The van der Waals surface area contributed by atoms with E-state index in [1.165, 1.54) is 13.2 Å². The number of carbonyl (C=O) groups is 2. The molecule has 0 aliphatic heterocycles. The number of phenolic OH excluding ortho intramolecular Hbond substituents is 1. The molecule has 2 aromatic rings. The van der Waals surface area contributed by atoms with Gasteiger partial charge in [-0.2, -0.15) is 0 Å². The number of ether oxygens (including phenoxy) is 1. The van der Waals surface area contributed by atoms with Gasteiger partial charge < -0.3 is 20.5 Å². The van der Waals surface area contributed by atoms with E-state index in [0.29, 0.717) is 17.8 Å². The number of aromatic hydroxyl groups is 1. The average molecular weight is 342 g/mol. The number of anilines is 2. The molecular weight excluding hydrogens is 320 g/mol. The van der Waals surface area contributed by atoms with Crippen molar-refractivity contribution in [2.75, 3.05) is 17.7 Å². The summed E-state index contributed by atoms with van der Waals surface area (Å²) in [5.74, 6) is -0.310. The van der Waals surface area contributed by atoms with E-state index in [4.69, 9.17) is 4.74 Å². The minimum absolute atomic E-state index is 0.153. The van der Waals surface area contributed by atoms with E-state index in [1.807, 2.05) is 19.1 Å². The van der Waals surface area contributed by atoms with Gasteiger partial charge in [-0.25, -0.2) is 4.79 Å². The molecule has 25 heavy (non-hydrogen) atoms. The van der Waals surface area contributed by atoms with Gasteiger partial charge in [0.25, 0.3) is 0 Å². The summed E-state index contributed by atoms with van der Waals surface area (Å²) >= 11 is 0. The van der Waals surface area contributed by atoms with Gasteiger partial charge in [0, 0.05) is 11.4 Å². The van der Waals surface area contributed by atoms with Gasteiger partial charge in [0.1, 0.15) is 5.75 Å². The molecule has 0 bridgehead atoms. The molecule has 0 fully saturated rings. The van der Waals surface area contributed by atoms with Crippen LogP contribution in [0.5, 0.6) is 5.75 Å². The summed E-state index contributed by atoms with van der Waals surface area (Å²) in [6.45, 7) is 3.61. The lowest BCUT2D eigenvalue weighted by Gasteiger charge is -2.12. The number of hydrogen-bond donors (Lipinski definition) is 3. The quantitative estimate of drug-likeness (QED) is 0.571. The minimum Gasteiger partial charge on any atom is -0.508 e. The molecule has 0 spiro atoms. The number of rotatable bonds is 5. The predicted octanol–water partition coefficient (Wildman–Crippen LogP) is 3.70. The molecule has 1 atom stereocenters. The van der Waals surface area contributed by atoms with Gasteiger partial charge in [0.2, 0.25) is 0 Å². The Morgan fingerprint density at radius 3 is 2.40 bits per heavy atom. The first-order valence-corrected chi connectivity index (χ1v) is 7.93. The number of hydrogen-bond acceptors (Lipinski definition) is 4.